The van der Waals surface area contributed by atoms with E-state index in [4.69, 9.17) is 9.47 Å². The summed E-state index contributed by atoms with van der Waals surface area (Å²) >= 11 is 0. The van der Waals surface area contributed by atoms with Crippen molar-refractivity contribution >= 4 is 39.0 Å². The molecule has 0 saturated heterocycles. The molecule has 0 spiro atoms. The molecule has 9 nitrogen and oxygen atoms in total. The van der Waals surface area contributed by atoms with E-state index in [0.29, 0.717) is 22.5 Å². The number of sulfone groups is 1. The summed E-state index contributed by atoms with van der Waals surface area (Å²) in [5.74, 6) is -0.988. The van der Waals surface area contributed by atoms with E-state index in [-0.39, 0.29) is 36.2 Å². The van der Waals surface area contributed by atoms with Gasteiger partial charge in [0.25, 0.3) is 5.91 Å². The monoisotopic (exact) mass is 460 g/mol. The second-order valence-electron chi connectivity index (χ2n) is 7.36. The third kappa shape index (κ3) is 5.08. The molecular weight excluding hydrogens is 436 g/mol. The van der Waals surface area contributed by atoms with Crippen molar-refractivity contribution in [2.24, 2.45) is 0 Å². The van der Waals surface area contributed by atoms with E-state index >= 15 is 0 Å². The predicted molar refractivity (Wildman–Crippen MR) is 118 cm³/mol. The van der Waals surface area contributed by atoms with Gasteiger partial charge in [0.2, 0.25) is 5.91 Å². The highest BCUT2D eigenvalue weighted by molar-refractivity contribution is 7.92. The number of hydrogen-bond donors (Lipinski definition) is 2. The average molecular weight is 461 g/mol. The fourth-order valence-corrected chi connectivity index (χ4v) is 4.81. The number of hydrogen-bond acceptors (Lipinski definition) is 7. The van der Waals surface area contributed by atoms with E-state index in [1.165, 1.54) is 31.2 Å². The first-order valence-corrected chi connectivity index (χ1v) is 11.5. The molecule has 1 atom stereocenters. The summed E-state index contributed by atoms with van der Waals surface area (Å²) in [7, 11) is -3.84. The lowest BCUT2D eigenvalue weighted by molar-refractivity contribution is -0.118. The number of fused-ring (bicyclic) bond motifs is 1. The topological polar surface area (TPSA) is 128 Å². The quantitative estimate of drug-likeness (QED) is 0.608. The Balaban J connectivity index is 1.69. The van der Waals surface area contributed by atoms with Gasteiger partial charge in [-0.3, -0.25) is 9.59 Å². The van der Waals surface area contributed by atoms with Crippen molar-refractivity contribution in [3.63, 3.8) is 0 Å². The molecule has 10 heteroatoms. The van der Waals surface area contributed by atoms with Crippen LogP contribution in [0.4, 0.5) is 11.4 Å². The lowest BCUT2D eigenvalue weighted by atomic mass is 10.2. The van der Waals surface area contributed by atoms with Gasteiger partial charge < -0.3 is 20.1 Å². The molecule has 1 unspecified atom stereocenters. The third-order valence-electron chi connectivity index (χ3n) is 4.90. The Morgan fingerprint density at radius 3 is 2.56 bits per heavy atom. The Labute approximate surface area is 186 Å². The van der Waals surface area contributed by atoms with Crippen LogP contribution in [0.15, 0.2) is 41.3 Å². The molecule has 0 aliphatic carbocycles. The van der Waals surface area contributed by atoms with E-state index in [1.54, 1.807) is 26.0 Å². The molecule has 3 rings (SSSR count). The molecule has 0 fully saturated rings. The smallest absolute Gasteiger partial charge is 0.338 e. The number of amides is 2. The van der Waals surface area contributed by atoms with Crippen LogP contribution in [0.3, 0.4) is 0 Å². The Kier molecular flexibility index (Phi) is 6.83. The van der Waals surface area contributed by atoms with Gasteiger partial charge in [0.1, 0.15) is 5.75 Å². The number of esters is 1. The van der Waals surface area contributed by atoms with Gasteiger partial charge in [-0.25, -0.2) is 13.2 Å². The van der Waals surface area contributed by atoms with Gasteiger partial charge in [0.15, 0.2) is 16.4 Å². The number of nitrogens with one attached hydrogen (secondary N) is 2. The minimum absolute atomic E-state index is 0.0477. The molecule has 32 heavy (non-hydrogen) atoms. The van der Waals surface area contributed by atoms with E-state index in [9.17, 15) is 22.8 Å². The Hall–Kier alpha value is -3.40. The zero-order chi connectivity index (χ0) is 23.5. The molecule has 1 aliphatic rings. The van der Waals surface area contributed by atoms with Crippen LogP contribution < -0.4 is 15.4 Å². The average Bonchev–Trinajstić information content (AvgIpc) is 2.73. The number of carbonyl (C=O) groups is 3. The first-order valence-electron chi connectivity index (χ1n) is 10.00. The lowest BCUT2D eigenvalue weighted by Gasteiger charge is -2.21. The van der Waals surface area contributed by atoms with Crippen molar-refractivity contribution in [1.29, 1.82) is 0 Å². The van der Waals surface area contributed by atoms with Crippen LogP contribution in [0.1, 0.15) is 36.2 Å². The number of carbonyl (C=O) groups excluding carboxylic acids is 3. The van der Waals surface area contributed by atoms with E-state index < -0.39 is 27.0 Å². The summed E-state index contributed by atoms with van der Waals surface area (Å²) in [6.07, 6.45) is -0.268. The van der Waals surface area contributed by atoms with Crippen molar-refractivity contribution in [2.75, 3.05) is 23.8 Å². The van der Waals surface area contributed by atoms with Gasteiger partial charge in [-0.05, 0) is 56.7 Å². The van der Waals surface area contributed by atoms with Crippen LogP contribution in [0.2, 0.25) is 0 Å². The number of rotatable bonds is 7. The summed E-state index contributed by atoms with van der Waals surface area (Å²) in [6, 6.07) is 9.04. The van der Waals surface area contributed by atoms with Crippen molar-refractivity contribution in [1.82, 2.24) is 0 Å². The molecule has 2 N–H and O–H groups in total. The van der Waals surface area contributed by atoms with Gasteiger partial charge in [-0.1, -0.05) is 0 Å². The van der Waals surface area contributed by atoms with Crippen LogP contribution in [-0.4, -0.2) is 44.7 Å². The molecule has 0 bridgehead atoms. The van der Waals surface area contributed by atoms with Crippen LogP contribution in [-0.2, 0) is 24.2 Å². The fourth-order valence-electron chi connectivity index (χ4n) is 3.23. The van der Waals surface area contributed by atoms with Crippen LogP contribution in [0.25, 0.3) is 0 Å². The summed E-state index contributed by atoms with van der Waals surface area (Å²) in [5, 5.41) is 4.27. The molecule has 2 amide bonds. The second kappa shape index (κ2) is 9.39. The SMILES string of the molecule is CCOC(=O)c1ccc(NC(=O)CC(C)S(=O)(=O)c2cc3c(cc2C)NC(=O)CO3)cc1. The van der Waals surface area contributed by atoms with Crippen molar-refractivity contribution in [3.8, 4) is 5.75 Å². The number of ether oxygens (including phenoxy) is 2. The molecule has 0 radical (unpaired) electrons. The minimum Gasteiger partial charge on any atom is -0.482 e. The summed E-state index contributed by atoms with van der Waals surface area (Å²) in [5.41, 5.74) is 1.63. The highest BCUT2D eigenvalue weighted by Gasteiger charge is 2.29. The van der Waals surface area contributed by atoms with Gasteiger partial charge in [0.05, 0.1) is 28.0 Å². The molecule has 1 aliphatic heterocycles. The summed E-state index contributed by atoms with van der Waals surface area (Å²) in [4.78, 5) is 35.6. The third-order valence-corrected chi connectivity index (χ3v) is 7.18. The maximum absolute atomic E-state index is 13.1. The largest absolute Gasteiger partial charge is 0.482 e. The zero-order valence-electron chi connectivity index (χ0n) is 17.9. The highest BCUT2D eigenvalue weighted by atomic mass is 32.2. The van der Waals surface area contributed by atoms with E-state index in [2.05, 4.69) is 10.6 Å². The van der Waals surface area contributed by atoms with Crippen LogP contribution in [0, 0.1) is 6.92 Å². The predicted octanol–water partition coefficient (Wildman–Crippen LogP) is 2.69. The van der Waals surface area contributed by atoms with Gasteiger partial charge >= 0.3 is 5.97 Å². The van der Waals surface area contributed by atoms with Crippen LogP contribution >= 0.6 is 0 Å². The highest BCUT2D eigenvalue weighted by Crippen LogP contribution is 2.34. The Morgan fingerprint density at radius 1 is 1.22 bits per heavy atom. The zero-order valence-corrected chi connectivity index (χ0v) is 18.7. The van der Waals surface area contributed by atoms with E-state index in [0.717, 1.165) is 0 Å². The second-order valence-corrected chi connectivity index (χ2v) is 9.69. The first kappa shape index (κ1) is 23.3. The molecular formula is C22H24N2O7S. The van der Waals surface area contributed by atoms with Gasteiger partial charge in [-0.2, -0.15) is 0 Å². The lowest BCUT2D eigenvalue weighted by Crippen LogP contribution is -2.27. The van der Waals surface area contributed by atoms with Crippen molar-refractivity contribution in [3.05, 3.63) is 47.5 Å². The molecule has 2 aromatic rings. The number of aryl methyl sites for hydroxylation is 1. The van der Waals surface area contributed by atoms with Crippen molar-refractivity contribution < 1.29 is 32.3 Å². The minimum atomic E-state index is -3.84. The normalized spacial score (nSPS) is 13.9. The summed E-state index contributed by atoms with van der Waals surface area (Å²) in [6.45, 7) is 4.85. The number of benzene rings is 2. The Bertz CT molecular complexity index is 1160. The summed E-state index contributed by atoms with van der Waals surface area (Å²) < 4.78 is 36.4. The van der Waals surface area contributed by atoms with Crippen molar-refractivity contribution in [2.45, 2.75) is 37.3 Å². The maximum atomic E-state index is 13.1. The standard InChI is InChI=1S/C22H24N2O7S/c1-4-30-22(27)15-5-7-16(8-6-15)23-20(25)10-14(3)32(28,29)19-11-18-17(9-13(19)2)24-21(26)12-31-18/h5-9,11,14H,4,10,12H2,1-3H3,(H,23,25)(H,24,26). The fraction of sp³-hybridized carbons (Fsp3) is 0.318. The molecule has 170 valence electrons. The van der Waals surface area contributed by atoms with Crippen LogP contribution in [0.5, 0.6) is 5.75 Å². The molecule has 1 heterocycles. The van der Waals surface area contributed by atoms with Gasteiger partial charge in [-0.15, -0.1) is 0 Å². The molecule has 0 saturated carbocycles. The van der Waals surface area contributed by atoms with E-state index in [1.807, 2.05) is 0 Å². The maximum Gasteiger partial charge on any atom is 0.338 e. The molecule has 0 aromatic heterocycles. The Morgan fingerprint density at radius 2 is 1.91 bits per heavy atom. The first-order chi connectivity index (χ1) is 15.1. The molecule has 2 aromatic carbocycles. The van der Waals surface area contributed by atoms with Gasteiger partial charge in [0, 0.05) is 18.2 Å². The number of anilines is 2.